The van der Waals surface area contributed by atoms with Crippen LogP contribution in [0.5, 0.6) is 0 Å². The van der Waals surface area contributed by atoms with Crippen LogP contribution in [0.1, 0.15) is 32.6 Å². The molecule has 0 aliphatic heterocycles. The van der Waals surface area contributed by atoms with E-state index in [9.17, 15) is 8.78 Å². The topological polar surface area (TPSA) is 21.3 Å². The van der Waals surface area contributed by atoms with E-state index in [2.05, 4.69) is 12.2 Å². The summed E-state index contributed by atoms with van der Waals surface area (Å²) in [7, 11) is 1.84. The van der Waals surface area contributed by atoms with Gasteiger partial charge in [-0.1, -0.05) is 6.92 Å². The Balaban J connectivity index is 2.46. The van der Waals surface area contributed by atoms with Crippen LogP contribution in [0.2, 0.25) is 0 Å². The summed E-state index contributed by atoms with van der Waals surface area (Å²) < 4.78 is 29.7. The molecule has 15 heavy (non-hydrogen) atoms. The van der Waals surface area contributed by atoms with Gasteiger partial charge in [-0.25, -0.2) is 8.78 Å². The Kier molecular flexibility index (Phi) is 4.93. The molecule has 1 N–H and O–H groups in total. The molecule has 0 aromatic rings. The Labute approximate surface area is 90.4 Å². The van der Waals surface area contributed by atoms with Crippen molar-refractivity contribution in [3.05, 3.63) is 0 Å². The summed E-state index contributed by atoms with van der Waals surface area (Å²) >= 11 is 0. The summed E-state index contributed by atoms with van der Waals surface area (Å²) in [5, 5.41) is 3.05. The van der Waals surface area contributed by atoms with Gasteiger partial charge in [0, 0.05) is 6.54 Å². The summed E-state index contributed by atoms with van der Waals surface area (Å²) in [5.41, 5.74) is -0.350. The molecule has 0 aromatic heterocycles. The molecule has 0 heterocycles. The molecule has 0 aromatic carbocycles. The van der Waals surface area contributed by atoms with Gasteiger partial charge in [0.15, 0.2) is 0 Å². The second-order valence-electron chi connectivity index (χ2n) is 4.60. The SMILES string of the molecule is CNCC1(OCC(F)F)CCC(C)CC1. The van der Waals surface area contributed by atoms with E-state index in [0.717, 1.165) is 25.7 Å². The summed E-state index contributed by atoms with van der Waals surface area (Å²) in [5.74, 6) is 0.699. The predicted molar refractivity (Wildman–Crippen MR) is 56.2 cm³/mol. The molecule has 0 atom stereocenters. The van der Waals surface area contributed by atoms with E-state index in [1.165, 1.54) is 0 Å². The molecule has 0 saturated heterocycles. The van der Waals surface area contributed by atoms with Crippen molar-refractivity contribution in [2.45, 2.75) is 44.6 Å². The molecule has 0 spiro atoms. The van der Waals surface area contributed by atoms with Gasteiger partial charge in [0.05, 0.1) is 5.60 Å². The van der Waals surface area contributed by atoms with E-state index in [1.54, 1.807) is 0 Å². The van der Waals surface area contributed by atoms with Crippen LogP contribution < -0.4 is 5.32 Å². The highest BCUT2D eigenvalue weighted by Gasteiger charge is 2.35. The highest BCUT2D eigenvalue weighted by atomic mass is 19.3. The number of hydrogen-bond acceptors (Lipinski definition) is 2. The third-order valence-electron chi connectivity index (χ3n) is 3.20. The van der Waals surface area contributed by atoms with Gasteiger partial charge in [-0.15, -0.1) is 0 Å². The molecule has 1 saturated carbocycles. The zero-order chi connectivity index (χ0) is 11.3. The Bertz CT molecular complexity index is 179. The van der Waals surface area contributed by atoms with Gasteiger partial charge in [-0.05, 0) is 38.6 Å². The molecular formula is C11H21F2NO. The molecular weight excluding hydrogens is 200 g/mol. The summed E-state index contributed by atoms with van der Waals surface area (Å²) in [6.45, 7) is 2.44. The third-order valence-corrected chi connectivity index (χ3v) is 3.20. The first kappa shape index (κ1) is 12.8. The van der Waals surface area contributed by atoms with Gasteiger partial charge >= 0.3 is 0 Å². The summed E-state index contributed by atoms with van der Waals surface area (Å²) in [6.07, 6.45) is 1.57. The van der Waals surface area contributed by atoms with Crippen molar-refractivity contribution in [1.82, 2.24) is 5.32 Å². The minimum atomic E-state index is -2.36. The average molecular weight is 221 g/mol. The van der Waals surface area contributed by atoms with Crippen LogP contribution in [0.15, 0.2) is 0 Å². The molecule has 1 aliphatic rings. The highest BCUT2D eigenvalue weighted by Crippen LogP contribution is 2.34. The van der Waals surface area contributed by atoms with Crippen molar-refractivity contribution in [1.29, 1.82) is 0 Å². The second kappa shape index (κ2) is 5.75. The number of hydrogen-bond donors (Lipinski definition) is 1. The Morgan fingerprint density at radius 1 is 1.40 bits per heavy atom. The van der Waals surface area contributed by atoms with Gasteiger partial charge in [-0.3, -0.25) is 0 Å². The first-order chi connectivity index (χ1) is 7.08. The smallest absolute Gasteiger partial charge is 0.261 e. The lowest BCUT2D eigenvalue weighted by atomic mass is 9.79. The molecule has 4 heteroatoms. The molecule has 0 bridgehead atoms. The van der Waals surface area contributed by atoms with Crippen molar-refractivity contribution in [3.63, 3.8) is 0 Å². The number of halogens is 2. The van der Waals surface area contributed by atoms with Crippen LogP contribution in [-0.4, -0.2) is 32.2 Å². The maximum Gasteiger partial charge on any atom is 0.261 e. The first-order valence-electron chi connectivity index (χ1n) is 5.65. The first-order valence-corrected chi connectivity index (χ1v) is 5.65. The standard InChI is InChI=1S/C11H21F2NO/c1-9-3-5-11(6-4-9,8-14-2)15-7-10(12)13/h9-10,14H,3-8H2,1-2H3. The van der Waals surface area contributed by atoms with Crippen LogP contribution >= 0.6 is 0 Å². The minimum Gasteiger partial charge on any atom is -0.368 e. The molecule has 90 valence electrons. The normalized spacial score (nSPS) is 32.2. The van der Waals surface area contributed by atoms with E-state index in [4.69, 9.17) is 4.74 Å². The lowest BCUT2D eigenvalue weighted by molar-refractivity contribution is -0.109. The summed E-state index contributed by atoms with van der Waals surface area (Å²) in [4.78, 5) is 0. The predicted octanol–water partition coefficient (Wildman–Crippen LogP) is 2.44. The van der Waals surface area contributed by atoms with Crippen molar-refractivity contribution in [2.24, 2.45) is 5.92 Å². The lowest BCUT2D eigenvalue weighted by Crippen LogP contribution is -2.45. The molecule has 2 nitrogen and oxygen atoms in total. The molecule has 1 rings (SSSR count). The fraction of sp³-hybridized carbons (Fsp3) is 1.00. The van der Waals surface area contributed by atoms with E-state index in [-0.39, 0.29) is 5.60 Å². The van der Waals surface area contributed by atoms with E-state index >= 15 is 0 Å². The van der Waals surface area contributed by atoms with Crippen LogP contribution in [0.25, 0.3) is 0 Å². The molecule has 0 unspecified atom stereocenters. The zero-order valence-corrected chi connectivity index (χ0v) is 9.56. The Hall–Kier alpha value is -0.220. The number of alkyl halides is 2. The van der Waals surface area contributed by atoms with Crippen LogP contribution in [0.3, 0.4) is 0 Å². The van der Waals surface area contributed by atoms with Crippen LogP contribution in [-0.2, 0) is 4.74 Å². The van der Waals surface area contributed by atoms with Gasteiger partial charge in [0.25, 0.3) is 6.43 Å². The fourth-order valence-corrected chi connectivity index (χ4v) is 2.22. The van der Waals surface area contributed by atoms with E-state index < -0.39 is 13.0 Å². The maximum absolute atomic E-state index is 12.1. The van der Waals surface area contributed by atoms with E-state index in [1.807, 2.05) is 7.05 Å². The molecule has 0 amide bonds. The van der Waals surface area contributed by atoms with E-state index in [0.29, 0.717) is 12.5 Å². The molecule has 0 radical (unpaired) electrons. The van der Waals surface area contributed by atoms with Gasteiger partial charge < -0.3 is 10.1 Å². The third kappa shape index (κ3) is 4.03. The Morgan fingerprint density at radius 3 is 2.47 bits per heavy atom. The highest BCUT2D eigenvalue weighted by molar-refractivity contribution is 4.88. The Morgan fingerprint density at radius 2 is 2.00 bits per heavy atom. The monoisotopic (exact) mass is 221 g/mol. The average Bonchev–Trinajstić information content (AvgIpc) is 2.20. The van der Waals surface area contributed by atoms with Gasteiger partial charge in [0.1, 0.15) is 6.61 Å². The number of ether oxygens (including phenoxy) is 1. The molecule has 1 aliphatic carbocycles. The van der Waals surface area contributed by atoms with Crippen molar-refractivity contribution in [2.75, 3.05) is 20.2 Å². The fourth-order valence-electron chi connectivity index (χ4n) is 2.22. The van der Waals surface area contributed by atoms with Crippen LogP contribution in [0, 0.1) is 5.92 Å². The quantitative estimate of drug-likeness (QED) is 0.770. The zero-order valence-electron chi connectivity index (χ0n) is 9.56. The number of rotatable bonds is 5. The van der Waals surface area contributed by atoms with Crippen molar-refractivity contribution in [3.8, 4) is 0 Å². The largest absolute Gasteiger partial charge is 0.368 e. The maximum atomic E-state index is 12.1. The van der Waals surface area contributed by atoms with Gasteiger partial charge in [-0.2, -0.15) is 0 Å². The van der Waals surface area contributed by atoms with Crippen LogP contribution in [0.4, 0.5) is 8.78 Å². The lowest BCUT2D eigenvalue weighted by Gasteiger charge is -2.39. The van der Waals surface area contributed by atoms with Gasteiger partial charge in [0.2, 0.25) is 0 Å². The number of nitrogens with one attached hydrogen (secondary N) is 1. The number of likely N-dealkylation sites (N-methyl/N-ethyl adjacent to an activating group) is 1. The second-order valence-corrected chi connectivity index (χ2v) is 4.60. The minimum absolute atomic E-state index is 0.350. The molecule has 1 fully saturated rings. The van der Waals surface area contributed by atoms with Crippen molar-refractivity contribution < 1.29 is 13.5 Å². The van der Waals surface area contributed by atoms with Crippen molar-refractivity contribution >= 4 is 0 Å². The summed E-state index contributed by atoms with van der Waals surface area (Å²) in [6, 6.07) is 0.